The summed E-state index contributed by atoms with van der Waals surface area (Å²) in [6.45, 7) is 10.6. The molecule has 22 heavy (non-hydrogen) atoms. The summed E-state index contributed by atoms with van der Waals surface area (Å²) in [5, 5.41) is 0. The minimum atomic E-state index is 0.528. The van der Waals surface area contributed by atoms with Crippen LogP contribution in [0.2, 0.25) is 12.6 Å². The topological polar surface area (TPSA) is 9.23 Å². The molecule has 0 aromatic heterocycles. The van der Waals surface area contributed by atoms with Crippen LogP contribution < -0.4 is 0 Å². The van der Waals surface area contributed by atoms with E-state index in [0.717, 1.165) is 6.61 Å². The molecule has 0 bridgehead atoms. The van der Waals surface area contributed by atoms with E-state index in [9.17, 15) is 0 Å². The van der Waals surface area contributed by atoms with Crippen LogP contribution in [0.25, 0.3) is 0 Å². The maximum Gasteiger partial charge on any atom is 0.293 e. The first kappa shape index (κ1) is 22.0. The fraction of sp³-hybridized carbons (Fsp3) is 1.00. The molecule has 0 aromatic carbocycles. The van der Waals surface area contributed by atoms with Gasteiger partial charge >= 0.3 is 0 Å². The zero-order valence-corrected chi connectivity index (χ0v) is 16.2. The summed E-state index contributed by atoms with van der Waals surface area (Å²) in [4.78, 5) is 0. The Bertz CT molecular complexity index is 190. The van der Waals surface area contributed by atoms with E-state index < -0.39 is 0 Å². The van der Waals surface area contributed by atoms with E-state index in [-0.39, 0.29) is 0 Å². The third-order valence-corrected chi connectivity index (χ3v) is 4.42. The fourth-order valence-electron chi connectivity index (χ4n) is 2.94. The van der Waals surface area contributed by atoms with Gasteiger partial charge in [-0.2, -0.15) is 0 Å². The van der Waals surface area contributed by atoms with E-state index in [2.05, 4.69) is 27.7 Å². The Labute approximate surface area is 142 Å². The Morgan fingerprint density at radius 2 is 1.05 bits per heavy atom. The molecule has 0 saturated carbocycles. The molecule has 0 aliphatic carbocycles. The van der Waals surface area contributed by atoms with Crippen LogP contribution in [0.5, 0.6) is 0 Å². The van der Waals surface area contributed by atoms with E-state index >= 15 is 0 Å². The maximum atomic E-state index is 6.16. The molecule has 0 fully saturated rings. The zero-order valence-electron chi connectivity index (χ0n) is 16.2. The molecule has 0 radical (unpaired) electrons. The van der Waals surface area contributed by atoms with Gasteiger partial charge in [0.15, 0.2) is 0 Å². The summed E-state index contributed by atoms with van der Waals surface area (Å²) in [6.07, 6.45) is 19.3. The molecule has 1 nitrogen and oxygen atoms in total. The smallest absolute Gasteiger partial charge is 0.293 e. The number of hydrogen-bond acceptors (Lipinski definition) is 1. The lowest BCUT2D eigenvalue weighted by Gasteiger charge is -2.16. The molecule has 132 valence electrons. The molecule has 0 atom stereocenters. The largest absolute Gasteiger partial charge is 0.436 e. The summed E-state index contributed by atoms with van der Waals surface area (Å²) >= 11 is 0. The van der Waals surface area contributed by atoms with Crippen LogP contribution in [0.4, 0.5) is 0 Å². The van der Waals surface area contributed by atoms with Gasteiger partial charge in [0.05, 0.1) is 0 Å². The Hall–Kier alpha value is 0.0249. The molecule has 0 N–H and O–H groups in total. The third-order valence-electron chi connectivity index (χ3n) is 4.42. The van der Waals surface area contributed by atoms with Crippen molar-refractivity contribution in [3.8, 4) is 0 Å². The molecule has 0 aliphatic heterocycles. The summed E-state index contributed by atoms with van der Waals surface area (Å²) in [7, 11) is 0. The van der Waals surface area contributed by atoms with Gasteiger partial charge in [-0.25, -0.2) is 0 Å². The minimum Gasteiger partial charge on any atom is -0.436 e. The van der Waals surface area contributed by atoms with Crippen molar-refractivity contribution in [2.45, 2.75) is 117 Å². The quantitative estimate of drug-likeness (QED) is 0.201. The van der Waals surface area contributed by atoms with Crippen LogP contribution in [0.1, 0.15) is 105 Å². The molecule has 0 saturated heterocycles. The molecule has 2 heteroatoms. The highest BCUT2D eigenvalue weighted by molar-refractivity contribution is 6.51. The summed E-state index contributed by atoms with van der Waals surface area (Å²) in [5.74, 6) is 0.664. The van der Waals surface area contributed by atoms with Crippen molar-refractivity contribution in [1.29, 1.82) is 0 Å². The number of hydrogen-bond donors (Lipinski definition) is 0. The average molecular weight is 310 g/mol. The Kier molecular flexibility index (Phi) is 17.4. The molecular weight excluding hydrogens is 267 g/mol. The van der Waals surface area contributed by atoms with Crippen LogP contribution in [-0.2, 0) is 4.65 Å². The maximum absolute atomic E-state index is 6.16. The van der Waals surface area contributed by atoms with Crippen molar-refractivity contribution in [3.05, 3.63) is 0 Å². The highest BCUT2D eigenvalue weighted by Gasteiger charge is 2.15. The Morgan fingerprint density at radius 3 is 1.45 bits per heavy atom. The summed E-state index contributed by atoms with van der Waals surface area (Å²) < 4.78 is 6.16. The summed E-state index contributed by atoms with van der Waals surface area (Å²) in [5.41, 5.74) is 0. The van der Waals surface area contributed by atoms with Crippen LogP contribution >= 0.6 is 0 Å². The highest BCUT2D eigenvalue weighted by Crippen LogP contribution is 2.16. The normalized spacial score (nSPS) is 11.3. The Morgan fingerprint density at radius 1 is 0.636 bits per heavy atom. The average Bonchev–Trinajstić information content (AvgIpc) is 2.50. The van der Waals surface area contributed by atoms with Gasteiger partial charge in [0, 0.05) is 6.61 Å². The van der Waals surface area contributed by atoms with Crippen LogP contribution in [-0.4, -0.2) is 13.5 Å². The Balaban J connectivity index is 3.70. The molecule has 0 heterocycles. The van der Waals surface area contributed by atoms with Crippen LogP contribution in [0.15, 0.2) is 0 Å². The fourth-order valence-corrected chi connectivity index (χ4v) is 2.94. The van der Waals surface area contributed by atoms with Crippen molar-refractivity contribution < 1.29 is 4.65 Å². The van der Waals surface area contributed by atoms with Crippen molar-refractivity contribution in [1.82, 2.24) is 0 Å². The van der Waals surface area contributed by atoms with Crippen molar-refractivity contribution >= 4 is 6.92 Å². The van der Waals surface area contributed by atoms with Gasteiger partial charge in [-0.1, -0.05) is 105 Å². The third kappa shape index (κ3) is 16.4. The van der Waals surface area contributed by atoms with E-state index in [1.807, 2.05) is 0 Å². The first-order valence-electron chi connectivity index (χ1n) is 10.3. The second kappa shape index (κ2) is 17.4. The van der Waals surface area contributed by atoms with Crippen molar-refractivity contribution in [2.75, 3.05) is 6.61 Å². The van der Waals surface area contributed by atoms with Gasteiger partial charge in [-0.15, -0.1) is 0 Å². The monoisotopic (exact) mass is 310 g/mol. The predicted molar refractivity (Wildman–Crippen MR) is 103 cm³/mol. The van der Waals surface area contributed by atoms with E-state index in [0.29, 0.717) is 12.8 Å². The highest BCUT2D eigenvalue weighted by atomic mass is 16.4. The number of rotatable bonds is 17. The lowest BCUT2D eigenvalue weighted by molar-refractivity contribution is 0.268. The second-order valence-electron chi connectivity index (χ2n) is 7.46. The van der Waals surface area contributed by atoms with Gasteiger partial charge in [-0.05, 0) is 18.6 Å². The van der Waals surface area contributed by atoms with Crippen LogP contribution in [0.3, 0.4) is 0 Å². The van der Waals surface area contributed by atoms with Gasteiger partial charge in [-0.3, -0.25) is 0 Å². The van der Waals surface area contributed by atoms with Crippen molar-refractivity contribution in [3.63, 3.8) is 0 Å². The van der Waals surface area contributed by atoms with E-state index in [1.165, 1.54) is 89.7 Å². The molecule has 0 aliphatic rings. The lowest BCUT2D eigenvalue weighted by atomic mass is 9.59. The minimum absolute atomic E-state index is 0.528. The van der Waals surface area contributed by atoms with E-state index in [1.54, 1.807) is 0 Å². The number of unbranched alkanes of at least 4 members (excludes halogenated alkanes) is 10. The second-order valence-corrected chi connectivity index (χ2v) is 7.46. The molecular formula is C20H43BO. The van der Waals surface area contributed by atoms with Gasteiger partial charge < -0.3 is 4.65 Å². The lowest BCUT2D eigenvalue weighted by Crippen LogP contribution is -2.20. The summed E-state index contributed by atoms with van der Waals surface area (Å²) in [6, 6.07) is 0. The van der Waals surface area contributed by atoms with Crippen molar-refractivity contribution in [2.24, 2.45) is 5.92 Å². The van der Waals surface area contributed by atoms with Crippen LogP contribution in [0, 0.1) is 5.92 Å². The molecule has 0 unspecified atom stereocenters. The van der Waals surface area contributed by atoms with Gasteiger partial charge in [0.1, 0.15) is 0 Å². The van der Waals surface area contributed by atoms with Gasteiger partial charge in [0.25, 0.3) is 6.92 Å². The SMILES string of the molecule is CCCCCCCCB(CCCCCCCC)OCC(C)C. The van der Waals surface area contributed by atoms with Gasteiger partial charge in [0.2, 0.25) is 0 Å². The predicted octanol–water partition coefficient (Wildman–Crippen LogP) is 7.37. The first-order valence-corrected chi connectivity index (χ1v) is 10.3. The molecule has 0 spiro atoms. The first-order chi connectivity index (χ1) is 10.7. The molecule has 0 amide bonds. The molecule has 0 rings (SSSR count). The van der Waals surface area contributed by atoms with E-state index in [4.69, 9.17) is 4.65 Å². The standard InChI is InChI=1S/C20H43BO/c1-5-7-9-11-13-15-17-21(22-19-20(3)4)18-16-14-12-10-8-6-2/h20H,5-19H2,1-4H3. The zero-order chi connectivity index (χ0) is 16.5. The molecule has 0 aromatic rings.